The van der Waals surface area contributed by atoms with Gasteiger partial charge in [-0.05, 0) is 40.2 Å². The van der Waals surface area contributed by atoms with Crippen molar-refractivity contribution in [2.24, 2.45) is 0 Å². The Balaban J connectivity index is 2.09. The number of hydrogen-bond donors (Lipinski definition) is 1. The van der Waals surface area contributed by atoms with Crippen molar-refractivity contribution in [2.45, 2.75) is 64.7 Å². The van der Waals surface area contributed by atoms with Crippen molar-refractivity contribution >= 4 is 22.3 Å². The molecule has 2 rings (SSSR count). The van der Waals surface area contributed by atoms with Gasteiger partial charge in [-0.15, -0.1) is 0 Å². The average molecular weight is 473 g/mol. The highest BCUT2D eigenvalue weighted by Gasteiger charge is 2.51. The van der Waals surface area contributed by atoms with E-state index in [1.54, 1.807) is 34.6 Å². The lowest BCUT2D eigenvalue weighted by molar-refractivity contribution is -0.0784. The first-order chi connectivity index (χ1) is 14.7. The molecule has 0 spiro atoms. The lowest BCUT2D eigenvalue weighted by Gasteiger charge is -2.34. The standard InChI is InChI=1S/C21H32N2O8S/c1-20(2,3)31-19(25)23-16(14-29-32(6,26)27)17(30-21(23,4)5)12-22-18(24)28-13-15-10-8-7-9-11-15/h7-11,16-17H,12-14H2,1-6H3,(H,22,24). The van der Waals surface area contributed by atoms with E-state index in [-0.39, 0.29) is 19.8 Å². The quantitative estimate of drug-likeness (QED) is 0.601. The Morgan fingerprint density at radius 1 is 1.19 bits per heavy atom. The summed E-state index contributed by atoms with van der Waals surface area (Å²) in [5.74, 6) is 0. The zero-order valence-corrected chi connectivity index (χ0v) is 20.1. The summed E-state index contributed by atoms with van der Waals surface area (Å²) >= 11 is 0. The molecule has 1 aliphatic heterocycles. The fourth-order valence-corrected chi connectivity index (χ4v) is 3.64. The van der Waals surface area contributed by atoms with Gasteiger partial charge in [0.25, 0.3) is 10.1 Å². The number of benzene rings is 1. The van der Waals surface area contributed by atoms with Crippen LogP contribution in [0.1, 0.15) is 40.2 Å². The second kappa shape index (κ2) is 10.1. The van der Waals surface area contributed by atoms with Crippen molar-refractivity contribution in [3.63, 3.8) is 0 Å². The van der Waals surface area contributed by atoms with Crippen LogP contribution in [0.2, 0.25) is 0 Å². The van der Waals surface area contributed by atoms with Crippen molar-refractivity contribution in [1.82, 2.24) is 10.2 Å². The molecule has 0 aliphatic carbocycles. The minimum atomic E-state index is -3.77. The van der Waals surface area contributed by atoms with E-state index in [0.29, 0.717) is 0 Å². The van der Waals surface area contributed by atoms with E-state index >= 15 is 0 Å². The molecule has 1 aromatic carbocycles. The summed E-state index contributed by atoms with van der Waals surface area (Å²) in [5, 5.41) is 2.60. The molecule has 1 fully saturated rings. The Hall–Kier alpha value is -2.37. The van der Waals surface area contributed by atoms with E-state index < -0.39 is 45.8 Å². The van der Waals surface area contributed by atoms with Crippen molar-refractivity contribution in [3.05, 3.63) is 35.9 Å². The molecule has 1 heterocycles. The van der Waals surface area contributed by atoms with Gasteiger partial charge in [0, 0.05) is 6.54 Å². The van der Waals surface area contributed by atoms with E-state index in [0.717, 1.165) is 11.8 Å². The molecule has 11 heteroatoms. The maximum Gasteiger partial charge on any atom is 0.412 e. The van der Waals surface area contributed by atoms with Crippen molar-refractivity contribution in [2.75, 3.05) is 19.4 Å². The Bertz CT molecular complexity index is 896. The smallest absolute Gasteiger partial charge is 0.412 e. The summed E-state index contributed by atoms with van der Waals surface area (Å²) in [6, 6.07) is 8.35. The molecular formula is C21H32N2O8S. The van der Waals surface area contributed by atoms with Gasteiger partial charge in [0.2, 0.25) is 0 Å². The number of ether oxygens (including phenoxy) is 3. The fraction of sp³-hybridized carbons (Fsp3) is 0.619. The lowest BCUT2D eigenvalue weighted by atomic mass is 10.1. The Morgan fingerprint density at radius 3 is 2.38 bits per heavy atom. The first-order valence-electron chi connectivity index (χ1n) is 10.2. The van der Waals surface area contributed by atoms with E-state index in [1.807, 2.05) is 30.3 Å². The van der Waals surface area contributed by atoms with Crippen LogP contribution in [0.25, 0.3) is 0 Å². The Morgan fingerprint density at radius 2 is 1.81 bits per heavy atom. The second-order valence-corrected chi connectivity index (χ2v) is 10.6. The number of rotatable bonds is 7. The van der Waals surface area contributed by atoms with E-state index in [1.165, 1.54) is 4.90 Å². The maximum absolute atomic E-state index is 12.9. The van der Waals surface area contributed by atoms with Crippen LogP contribution in [0.5, 0.6) is 0 Å². The molecule has 180 valence electrons. The summed E-state index contributed by atoms with van der Waals surface area (Å²) in [5.41, 5.74) is -1.07. The number of carbonyl (C=O) groups is 2. The Kier molecular flexibility index (Phi) is 8.13. The van der Waals surface area contributed by atoms with Gasteiger partial charge >= 0.3 is 12.2 Å². The number of alkyl carbamates (subject to hydrolysis) is 1. The summed E-state index contributed by atoms with van der Waals surface area (Å²) in [6.07, 6.45) is -1.20. The third-order valence-corrected chi connectivity index (χ3v) is 5.05. The number of nitrogens with zero attached hydrogens (tertiary/aromatic N) is 1. The fourth-order valence-electron chi connectivity index (χ4n) is 3.25. The summed E-state index contributed by atoms with van der Waals surface area (Å²) in [6.45, 7) is 8.17. The van der Waals surface area contributed by atoms with Crippen LogP contribution in [-0.4, -0.2) is 68.4 Å². The molecule has 1 aromatic rings. The molecule has 1 aliphatic rings. The van der Waals surface area contributed by atoms with Crippen molar-refractivity contribution in [3.8, 4) is 0 Å². The van der Waals surface area contributed by atoms with E-state index in [9.17, 15) is 18.0 Å². The zero-order valence-electron chi connectivity index (χ0n) is 19.3. The van der Waals surface area contributed by atoms with Crippen LogP contribution in [0, 0.1) is 0 Å². The van der Waals surface area contributed by atoms with Crippen LogP contribution in [0.4, 0.5) is 9.59 Å². The highest BCUT2D eigenvalue weighted by Crippen LogP contribution is 2.34. The van der Waals surface area contributed by atoms with Crippen LogP contribution >= 0.6 is 0 Å². The van der Waals surface area contributed by atoms with Gasteiger partial charge in [-0.1, -0.05) is 30.3 Å². The molecule has 2 unspecified atom stereocenters. The van der Waals surface area contributed by atoms with Crippen LogP contribution in [-0.2, 0) is 35.1 Å². The third-order valence-electron chi connectivity index (χ3n) is 4.48. The number of hydrogen-bond acceptors (Lipinski definition) is 8. The molecule has 0 radical (unpaired) electrons. The van der Waals surface area contributed by atoms with Crippen LogP contribution < -0.4 is 5.32 Å². The highest BCUT2D eigenvalue weighted by molar-refractivity contribution is 7.85. The molecule has 0 saturated carbocycles. The molecular weight excluding hydrogens is 440 g/mol. The number of nitrogens with one attached hydrogen (secondary N) is 1. The monoisotopic (exact) mass is 472 g/mol. The van der Waals surface area contributed by atoms with Crippen LogP contribution in [0.15, 0.2) is 30.3 Å². The minimum Gasteiger partial charge on any atom is -0.445 e. The SMILES string of the molecule is CC(C)(C)OC(=O)N1C(COS(C)(=O)=O)C(CNC(=O)OCc2ccccc2)OC1(C)C. The van der Waals surface area contributed by atoms with Gasteiger partial charge in [-0.25, -0.2) is 9.59 Å². The molecule has 1 N–H and O–H groups in total. The van der Waals surface area contributed by atoms with Crippen molar-refractivity contribution < 1.29 is 36.4 Å². The summed E-state index contributed by atoms with van der Waals surface area (Å²) in [4.78, 5) is 26.3. The van der Waals surface area contributed by atoms with E-state index in [2.05, 4.69) is 5.32 Å². The van der Waals surface area contributed by atoms with Gasteiger partial charge in [0.15, 0.2) is 0 Å². The van der Waals surface area contributed by atoms with Gasteiger partial charge in [-0.2, -0.15) is 8.42 Å². The maximum atomic E-state index is 12.9. The largest absolute Gasteiger partial charge is 0.445 e. The first-order valence-corrected chi connectivity index (χ1v) is 12.0. The average Bonchev–Trinajstić information content (AvgIpc) is 2.91. The lowest BCUT2D eigenvalue weighted by Crippen LogP contribution is -2.52. The van der Waals surface area contributed by atoms with Crippen molar-refractivity contribution in [1.29, 1.82) is 0 Å². The summed E-state index contributed by atoms with van der Waals surface area (Å²) < 4.78 is 44.7. The Labute approximate surface area is 189 Å². The second-order valence-electron chi connectivity index (χ2n) is 8.95. The number of carbonyl (C=O) groups excluding carboxylic acids is 2. The molecule has 2 amide bonds. The zero-order chi connectivity index (χ0) is 24.2. The first kappa shape index (κ1) is 25.9. The molecule has 0 aromatic heterocycles. The van der Waals surface area contributed by atoms with Gasteiger partial charge < -0.3 is 19.5 Å². The molecule has 1 saturated heterocycles. The highest BCUT2D eigenvalue weighted by atomic mass is 32.2. The van der Waals surface area contributed by atoms with E-state index in [4.69, 9.17) is 18.4 Å². The molecule has 2 atom stereocenters. The van der Waals surface area contributed by atoms with Gasteiger partial charge in [0.05, 0.1) is 18.9 Å². The van der Waals surface area contributed by atoms with Crippen LogP contribution in [0.3, 0.4) is 0 Å². The normalized spacial score (nSPS) is 20.6. The molecule has 32 heavy (non-hydrogen) atoms. The third kappa shape index (κ3) is 7.95. The topological polar surface area (TPSA) is 120 Å². The molecule has 10 nitrogen and oxygen atoms in total. The number of amides is 2. The minimum absolute atomic E-state index is 0.0336. The van der Waals surface area contributed by atoms with Gasteiger partial charge in [0.1, 0.15) is 24.0 Å². The summed E-state index contributed by atoms with van der Waals surface area (Å²) in [7, 11) is -3.77. The van der Waals surface area contributed by atoms with Gasteiger partial charge in [-0.3, -0.25) is 9.08 Å². The molecule has 0 bridgehead atoms. The predicted octanol–water partition coefficient (Wildman–Crippen LogP) is 2.63. The predicted molar refractivity (Wildman–Crippen MR) is 116 cm³/mol.